The molecule has 0 spiro atoms. The highest BCUT2D eigenvalue weighted by Crippen LogP contribution is 2.36. The Morgan fingerprint density at radius 1 is 1.26 bits per heavy atom. The molecule has 0 saturated heterocycles. The zero-order valence-electron chi connectivity index (χ0n) is 12.2. The number of amides is 2. The van der Waals surface area contributed by atoms with Crippen molar-refractivity contribution in [3.05, 3.63) is 45.6 Å². The van der Waals surface area contributed by atoms with Crippen LogP contribution in [0.2, 0.25) is 4.34 Å². The molecule has 7 heteroatoms. The van der Waals surface area contributed by atoms with Crippen molar-refractivity contribution in [3.63, 3.8) is 0 Å². The summed E-state index contributed by atoms with van der Waals surface area (Å²) in [6.07, 6.45) is 0.923. The van der Waals surface area contributed by atoms with Gasteiger partial charge >= 0.3 is 0 Å². The first-order valence-corrected chi connectivity index (χ1v) is 9.27. The highest BCUT2D eigenvalue weighted by Gasteiger charge is 2.28. The molecule has 0 unspecified atom stereocenters. The molecular weight excluding hydrogens is 352 g/mol. The first-order valence-electron chi connectivity index (χ1n) is 7.19. The molecule has 1 aromatic carbocycles. The number of rotatable bonds is 5. The van der Waals surface area contributed by atoms with E-state index in [0.717, 1.165) is 26.2 Å². The van der Waals surface area contributed by atoms with Crippen molar-refractivity contribution in [1.82, 2.24) is 5.32 Å². The Labute approximate surface area is 147 Å². The van der Waals surface area contributed by atoms with E-state index in [2.05, 4.69) is 10.6 Å². The first-order chi connectivity index (χ1) is 11.1. The second-order valence-electron chi connectivity index (χ2n) is 5.10. The summed E-state index contributed by atoms with van der Waals surface area (Å²) in [6, 6.07) is 11.4. The average molecular weight is 367 g/mol. The van der Waals surface area contributed by atoms with Gasteiger partial charge in [-0.2, -0.15) is 0 Å². The third-order valence-corrected chi connectivity index (χ3v) is 5.97. The van der Waals surface area contributed by atoms with Crippen molar-refractivity contribution in [3.8, 4) is 0 Å². The Morgan fingerprint density at radius 2 is 2.09 bits per heavy atom. The number of fused-ring (bicyclic) bond motifs is 1. The summed E-state index contributed by atoms with van der Waals surface area (Å²) in [4.78, 5) is 26.2. The van der Waals surface area contributed by atoms with Crippen LogP contribution in [0.1, 0.15) is 11.3 Å². The van der Waals surface area contributed by atoms with Crippen molar-refractivity contribution < 1.29 is 9.59 Å². The Balaban J connectivity index is 1.49. The third-order valence-electron chi connectivity index (χ3n) is 3.40. The fourth-order valence-electron chi connectivity index (χ4n) is 2.28. The zero-order chi connectivity index (χ0) is 16.2. The topological polar surface area (TPSA) is 58.2 Å². The number of nitrogens with one attached hydrogen (secondary N) is 2. The average Bonchev–Trinajstić information content (AvgIpc) is 2.93. The third kappa shape index (κ3) is 4.28. The standard InChI is InChI=1S/C16H15ClN2O2S2/c17-14-6-5-10(22-14)7-8-18-15(20)9-13-16(21)19-11-3-1-2-4-12(11)23-13/h1-6,13H,7-9H2,(H,18,20)(H,19,21)/t13-/m0/s1. The predicted octanol–water partition coefficient (Wildman–Crippen LogP) is 3.56. The molecule has 2 heterocycles. The summed E-state index contributed by atoms with van der Waals surface area (Å²) in [7, 11) is 0. The molecule has 120 valence electrons. The smallest absolute Gasteiger partial charge is 0.238 e. The lowest BCUT2D eigenvalue weighted by Crippen LogP contribution is -2.35. The number of anilines is 1. The van der Waals surface area contributed by atoms with E-state index in [-0.39, 0.29) is 23.5 Å². The molecular formula is C16H15ClN2O2S2. The quantitative estimate of drug-likeness (QED) is 0.850. The maximum atomic E-state index is 12.1. The SMILES string of the molecule is O=C(C[C@@H]1Sc2ccccc2NC1=O)NCCc1ccc(Cl)s1. The van der Waals surface area contributed by atoms with Crippen LogP contribution < -0.4 is 10.6 Å². The second-order valence-corrected chi connectivity index (χ2v) is 8.15. The van der Waals surface area contributed by atoms with Gasteiger partial charge < -0.3 is 10.6 Å². The van der Waals surface area contributed by atoms with Gasteiger partial charge in [-0.15, -0.1) is 23.1 Å². The number of para-hydroxylation sites is 1. The van der Waals surface area contributed by atoms with Gasteiger partial charge in [-0.3, -0.25) is 9.59 Å². The molecule has 0 aliphatic carbocycles. The second kappa shape index (κ2) is 7.38. The van der Waals surface area contributed by atoms with Crippen molar-refractivity contribution in [2.45, 2.75) is 23.0 Å². The van der Waals surface area contributed by atoms with Crippen LogP contribution in [0.25, 0.3) is 0 Å². The number of hydrogen-bond acceptors (Lipinski definition) is 4. The minimum atomic E-state index is -0.388. The van der Waals surface area contributed by atoms with Gasteiger partial charge in [0.25, 0.3) is 0 Å². The van der Waals surface area contributed by atoms with Crippen LogP contribution in [0.15, 0.2) is 41.3 Å². The van der Waals surface area contributed by atoms with Crippen LogP contribution in [0.5, 0.6) is 0 Å². The summed E-state index contributed by atoms with van der Waals surface area (Å²) in [5.74, 6) is -0.228. The summed E-state index contributed by atoms with van der Waals surface area (Å²) < 4.78 is 0.750. The van der Waals surface area contributed by atoms with Crippen molar-refractivity contribution in [2.75, 3.05) is 11.9 Å². The summed E-state index contributed by atoms with van der Waals surface area (Å²) >= 11 is 8.82. The number of thioether (sulfide) groups is 1. The number of carbonyl (C=O) groups is 2. The molecule has 23 heavy (non-hydrogen) atoms. The van der Waals surface area contributed by atoms with Crippen LogP contribution in [-0.2, 0) is 16.0 Å². The van der Waals surface area contributed by atoms with Crippen LogP contribution in [0, 0.1) is 0 Å². The largest absolute Gasteiger partial charge is 0.356 e. The lowest BCUT2D eigenvalue weighted by molar-refractivity contribution is -0.124. The fourth-order valence-corrected chi connectivity index (χ4v) is 4.48. The van der Waals surface area contributed by atoms with Crippen LogP contribution in [0.4, 0.5) is 5.69 Å². The molecule has 1 atom stereocenters. The highest BCUT2D eigenvalue weighted by atomic mass is 35.5. The Morgan fingerprint density at radius 3 is 2.87 bits per heavy atom. The van der Waals surface area contributed by atoms with Crippen LogP contribution >= 0.6 is 34.7 Å². The summed E-state index contributed by atoms with van der Waals surface area (Å²) in [6.45, 7) is 0.547. The van der Waals surface area contributed by atoms with E-state index in [0.29, 0.717) is 6.54 Å². The number of hydrogen-bond donors (Lipinski definition) is 2. The predicted molar refractivity (Wildman–Crippen MR) is 95.4 cm³/mol. The van der Waals surface area contributed by atoms with Crippen molar-refractivity contribution in [2.24, 2.45) is 0 Å². The molecule has 2 amide bonds. The Hall–Kier alpha value is -1.50. The maximum Gasteiger partial charge on any atom is 0.238 e. The van der Waals surface area contributed by atoms with E-state index >= 15 is 0 Å². The van der Waals surface area contributed by atoms with Crippen LogP contribution in [0.3, 0.4) is 0 Å². The summed E-state index contributed by atoms with van der Waals surface area (Å²) in [5, 5.41) is 5.32. The van der Waals surface area contributed by atoms with E-state index in [4.69, 9.17) is 11.6 Å². The van der Waals surface area contributed by atoms with E-state index in [1.807, 2.05) is 36.4 Å². The molecule has 0 fully saturated rings. The number of halogens is 1. The van der Waals surface area contributed by atoms with Crippen molar-refractivity contribution >= 4 is 52.2 Å². The summed E-state index contributed by atoms with van der Waals surface area (Å²) in [5.41, 5.74) is 0.814. The molecule has 2 N–H and O–H groups in total. The Bertz CT molecular complexity index is 732. The van der Waals surface area contributed by atoms with E-state index in [9.17, 15) is 9.59 Å². The lowest BCUT2D eigenvalue weighted by atomic mass is 10.2. The zero-order valence-corrected chi connectivity index (χ0v) is 14.6. The fraction of sp³-hybridized carbons (Fsp3) is 0.250. The molecule has 0 saturated carbocycles. The molecule has 1 aromatic heterocycles. The molecule has 0 radical (unpaired) electrons. The molecule has 0 bridgehead atoms. The van der Waals surface area contributed by atoms with E-state index < -0.39 is 0 Å². The minimum Gasteiger partial charge on any atom is -0.356 e. The molecule has 1 aliphatic heterocycles. The maximum absolute atomic E-state index is 12.1. The molecule has 4 nitrogen and oxygen atoms in total. The van der Waals surface area contributed by atoms with Crippen LogP contribution in [-0.4, -0.2) is 23.6 Å². The van der Waals surface area contributed by atoms with Crippen molar-refractivity contribution in [1.29, 1.82) is 0 Å². The van der Waals surface area contributed by atoms with Gasteiger partial charge in [0.15, 0.2) is 0 Å². The number of carbonyl (C=O) groups excluding carboxylic acids is 2. The first kappa shape index (κ1) is 16.4. The van der Waals surface area contributed by atoms with Gasteiger partial charge in [0.1, 0.15) is 0 Å². The van der Waals surface area contributed by atoms with E-state index in [1.54, 1.807) is 0 Å². The minimum absolute atomic E-state index is 0.111. The van der Waals surface area contributed by atoms with Gasteiger partial charge in [-0.25, -0.2) is 0 Å². The van der Waals surface area contributed by atoms with E-state index in [1.165, 1.54) is 23.1 Å². The monoisotopic (exact) mass is 366 g/mol. The lowest BCUT2D eigenvalue weighted by Gasteiger charge is -2.23. The molecule has 1 aliphatic rings. The van der Waals surface area contributed by atoms with Gasteiger partial charge in [0.05, 0.1) is 15.3 Å². The van der Waals surface area contributed by atoms with Gasteiger partial charge in [-0.05, 0) is 30.7 Å². The normalized spacial score (nSPS) is 16.6. The van der Waals surface area contributed by atoms with Gasteiger partial charge in [0.2, 0.25) is 11.8 Å². The highest BCUT2D eigenvalue weighted by molar-refractivity contribution is 8.01. The van der Waals surface area contributed by atoms with Gasteiger partial charge in [0, 0.05) is 22.7 Å². The number of thiophene rings is 1. The Kier molecular flexibility index (Phi) is 5.25. The molecule has 3 rings (SSSR count). The van der Waals surface area contributed by atoms with Gasteiger partial charge in [-0.1, -0.05) is 23.7 Å². The molecule has 2 aromatic rings. The number of benzene rings is 1.